The maximum absolute atomic E-state index is 12.1. The molecule has 0 unspecified atom stereocenters. The summed E-state index contributed by atoms with van der Waals surface area (Å²) in [7, 11) is 0. The molecule has 0 aliphatic carbocycles. The van der Waals surface area contributed by atoms with Crippen LogP contribution in [0.1, 0.15) is 11.1 Å². The van der Waals surface area contributed by atoms with E-state index in [0.29, 0.717) is 12.2 Å². The molecule has 0 radical (unpaired) electrons. The van der Waals surface area contributed by atoms with Crippen LogP contribution in [0.25, 0.3) is 6.08 Å². The second-order valence-electron chi connectivity index (χ2n) is 4.85. The van der Waals surface area contributed by atoms with Gasteiger partial charge < -0.3 is 4.74 Å². The molecule has 5 heteroatoms. The van der Waals surface area contributed by atoms with Gasteiger partial charge in [-0.05, 0) is 29.8 Å². The first-order valence-electron chi connectivity index (χ1n) is 6.81. The minimum Gasteiger partial charge on any atom is -0.488 e. The number of halogens is 1. The van der Waals surface area contributed by atoms with Gasteiger partial charge in [0.15, 0.2) is 0 Å². The molecule has 3 rings (SSSR count). The van der Waals surface area contributed by atoms with E-state index >= 15 is 0 Å². The van der Waals surface area contributed by atoms with Crippen LogP contribution in [0.5, 0.6) is 5.75 Å². The van der Waals surface area contributed by atoms with E-state index in [2.05, 4.69) is 21.4 Å². The lowest BCUT2D eigenvalue weighted by Gasteiger charge is -2.17. The highest BCUT2D eigenvalue weighted by Crippen LogP contribution is 2.29. The predicted molar refractivity (Wildman–Crippen MR) is 87.0 cm³/mol. The van der Waals surface area contributed by atoms with E-state index in [4.69, 9.17) is 9.57 Å². The Labute approximate surface area is 136 Å². The van der Waals surface area contributed by atoms with Gasteiger partial charge in [-0.15, -0.1) is 0 Å². The molecule has 0 saturated heterocycles. The lowest BCUT2D eigenvalue weighted by Crippen LogP contribution is -2.28. The van der Waals surface area contributed by atoms with Crippen LogP contribution in [-0.4, -0.2) is 12.5 Å². The number of ether oxygens (including phenoxy) is 1. The lowest BCUT2D eigenvalue weighted by atomic mass is 10.1. The highest BCUT2D eigenvalue weighted by molar-refractivity contribution is 9.10. The minimum atomic E-state index is -0.290. The van der Waals surface area contributed by atoms with Gasteiger partial charge in [-0.2, -0.15) is 0 Å². The summed E-state index contributed by atoms with van der Waals surface area (Å²) in [4.78, 5) is 17.3. The Morgan fingerprint density at radius 3 is 2.86 bits per heavy atom. The topological polar surface area (TPSA) is 47.6 Å². The Balaban J connectivity index is 1.61. The summed E-state index contributed by atoms with van der Waals surface area (Å²) in [6.45, 7) is 0.554. The van der Waals surface area contributed by atoms with Gasteiger partial charge >= 0.3 is 0 Å². The van der Waals surface area contributed by atoms with E-state index < -0.39 is 0 Å². The van der Waals surface area contributed by atoms with Crippen LogP contribution in [0.4, 0.5) is 0 Å². The number of benzene rings is 2. The third-order valence-electron chi connectivity index (χ3n) is 3.22. The molecule has 0 fully saturated rings. The molecule has 22 heavy (non-hydrogen) atoms. The molecule has 1 amide bonds. The predicted octanol–water partition coefficient (Wildman–Crippen LogP) is 3.47. The molecule has 4 nitrogen and oxygen atoms in total. The Hall–Kier alpha value is -2.11. The van der Waals surface area contributed by atoms with Gasteiger partial charge in [-0.25, -0.2) is 5.48 Å². The molecule has 0 bridgehead atoms. The molecule has 2 aromatic carbocycles. The molecule has 1 heterocycles. The summed E-state index contributed by atoms with van der Waals surface area (Å²) in [5.41, 5.74) is 4.83. The molecule has 1 aliphatic heterocycles. The zero-order valence-corrected chi connectivity index (χ0v) is 13.3. The van der Waals surface area contributed by atoms with Gasteiger partial charge in [0, 0.05) is 10.0 Å². The first-order chi connectivity index (χ1) is 10.7. The number of nitrogens with one attached hydrogen (secondary N) is 1. The average Bonchev–Trinajstić information content (AvgIpc) is 2.55. The zero-order valence-electron chi connectivity index (χ0n) is 11.7. The van der Waals surface area contributed by atoms with Crippen molar-refractivity contribution in [1.82, 2.24) is 5.48 Å². The van der Waals surface area contributed by atoms with Crippen molar-refractivity contribution in [3.8, 4) is 5.75 Å². The lowest BCUT2D eigenvalue weighted by molar-refractivity contribution is -0.130. The molecule has 0 saturated carbocycles. The van der Waals surface area contributed by atoms with Crippen LogP contribution in [0.2, 0.25) is 0 Å². The van der Waals surface area contributed by atoms with Crippen LogP contribution in [0.15, 0.2) is 58.6 Å². The highest BCUT2D eigenvalue weighted by atomic mass is 79.9. The third kappa shape index (κ3) is 3.55. The number of hydrogen-bond acceptors (Lipinski definition) is 3. The minimum absolute atomic E-state index is 0.231. The van der Waals surface area contributed by atoms with Crippen LogP contribution in [0.3, 0.4) is 0 Å². The van der Waals surface area contributed by atoms with Gasteiger partial charge in [0.2, 0.25) is 0 Å². The molecular weight excluding hydrogens is 346 g/mol. The normalized spacial score (nSPS) is 12.9. The fourth-order valence-corrected chi connectivity index (χ4v) is 2.48. The second kappa shape index (κ2) is 6.77. The van der Waals surface area contributed by atoms with Gasteiger partial charge in [-0.1, -0.05) is 46.3 Å². The van der Waals surface area contributed by atoms with E-state index in [0.717, 1.165) is 21.3 Å². The van der Waals surface area contributed by atoms with Crippen LogP contribution < -0.4 is 10.2 Å². The number of carbonyl (C=O) groups is 1. The van der Waals surface area contributed by atoms with Gasteiger partial charge in [-0.3, -0.25) is 9.63 Å². The van der Waals surface area contributed by atoms with Crippen molar-refractivity contribution in [1.29, 1.82) is 0 Å². The van der Waals surface area contributed by atoms with Crippen molar-refractivity contribution >= 4 is 27.9 Å². The number of hydrogen-bond donors (Lipinski definition) is 1. The summed E-state index contributed by atoms with van der Waals surface area (Å²) in [6.07, 6.45) is 1.81. The largest absolute Gasteiger partial charge is 0.488 e. The molecule has 0 atom stereocenters. The Morgan fingerprint density at radius 1 is 1.23 bits per heavy atom. The maximum Gasteiger partial charge on any atom is 0.274 e. The Morgan fingerprint density at radius 2 is 2.05 bits per heavy atom. The summed E-state index contributed by atoms with van der Waals surface area (Å²) in [5, 5.41) is 0. The summed E-state index contributed by atoms with van der Waals surface area (Å²) in [6, 6.07) is 15.3. The van der Waals surface area contributed by atoms with E-state index in [1.54, 1.807) is 0 Å². The fraction of sp³-hybridized carbons (Fsp3) is 0.118. The fourth-order valence-electron chi connectivity index (χ4n) is 2.10. The van der Waals surface area contributed by atoms with Crippen LogP contribution in [0, 0.1) is 0 Å². The van der Waals surface area contributed by atoms with Crippen molar-refractivity contribution in [2.75, 3.05) is 6.61 Å². The second-order valence-corrected chi connectivity index (χ2v) is 5.76. The number of rotatable bonds is 4. The van der Waals surface area contributed by atoms with Crippen molar-refractivity contribution in [2.45, 2.75) is 6.61 Å². The summed E-state index contributed by atoms with van der Waals surface area (Å²) < 4.78 is 6.51. The van der Waals surface area contributed by atoms with Crippen molar-refractivity contribution in [2.24, 2.45) is 0 Å². The van der Waals surface area contributed by atoms with Crippen molar-refractivity contribution in [3.63, 3.8) is 0 Å². The van der Waals surface area contributed by atoms with Crippen LogP contribution in [-0.2, 0) is 16.2 Å². The Bertz CT molecular complexity index is 713. The Kier molecular flexibility index (Phi) is 4.56. The maximum atomic E-state index is 12.1. The molecule has 1 aliphatic rings. The van der Waals surface area contributed by atoms with Gasteiger partial charge in [0.25, 0.3) is 5.91 Å². The molecule has 2 aromatic rings. The van der Waals surface area contributed by atoms with E-state index in [1.807, 2.05) is 54.6 Å². The van der Waals surface area contributed by atoms with Gasteiger partial charge in [0.1, 0.15) is 12.4 Å². The number of carbonyl (C=O) groups excluding carboxylic acids is 1. The monoisotopic (exact) mass is 359 g/mol. The molecular formula is C17H14BrNO3. The first-order valence-corrected chi connectivity index (χ1v) is 7.60. The van der Waals surface area contributed by atoms with E-state index in [1.165, 1.54) is 0 Å². The summed E-state index contributed by atoms with van der Waals surface area (Å²) >= 11 is 3.41. The third-order valence-corrected chi connectivity index (χ3v) is 3.72. The standard InChI is InChI=1S/C17H14BrNO3/c18-15-6-7-16-13(9-15)8-14(11-21-16)17(20)19-22-10-12-4-2-1-3-5-12/h1-9H,10-11H2,(H,19,20). The molecule has 0 aromatic heterocycles. The average molecular weight is 360 g/mol. The smallest absolute Gasteiger partial charge is 0.274 e. The van der Waals surface area contributed by atoms with E-state index in [9.17, 15) is 4.79 Å². The highest BCUT2D eigenvalue weighted by Gasteiger charge is 2.17. The molecule has 112 valence electrons. The van der Waals surface area contributed by atoms with Crippen molar-refractivity contribution in [3.05, 3.63) is 69.7 Å². The molecule has 0 spiro atoms. The zero-order chi connectivity index (χ0) is 15.4. The summed E-state index contributed by atoms with van der Waals surface area (Å²) in [5.74, 6) is 0.478. The molecule has 1 N–H and O–H groups in total. The quantitative estimate of drug-likeness (QED) is 0.850. The van der Waals surface area contributed by atoms with E-state index in [-0.39, 0.29) is 12.5 Å². The number of amides is 1. The first kappa shape index (κ1) is 14.8. The van der Waals surface area contributed by atoms with Crippen molar-refractivity contribution < 1.29 is 14.4 Å². The van der Waals surface area contributed by atoms with Crippen LogP contribution >= 0.6 is 15.9 Å². The number of fused-ring (bicyclic) bond motifs is 1. The SMILES string of the molecule is O=C(NOCc1ccccc1)C1=Cc2cc(Br)ccc2OC1. The number of hydroxylamine groups is 1. The van der Waals surface area contributed by atoms with Gasteiger partial charge in [0.05, 0.1) is 12.2 Å².